The predicted molar refractivity (Wildman–Crippen MR) is 53.2 cm³/mol. The Hall–Kier alpha value is -0.0800. The van der Waals surface area contributed by atoms with Crippen molar-refractivity contribution in [2.45, 2.75) is 20.3 Å². The molecule has 0 aliphatic carbocycles. The van der Waals surface area contributed by atoms with Crippen LogP contribution in [0.25, 0.3) is 0 Å². The summed E-state index contributed by atoms with van der Waals surface area (Å²) in [4.78, 5) is 2.69. The second-order valence-corrected chi connectivity index (χ2v) is 6.86. The lowest BCUT2D eigenvalue weighted by molar-refractivity contribution is -0.953. The van der Waals surface area contributed by atoms with Crippen LogP contribution in [0.5, 0.6) is 0 Å². The average Bonchev–Trinajstić information content (AvgIpc) is 1.71. The van der Waals surface area contributed by atoms with Crippen LogP contribution in [0.1, 0.15) is 20.3 Å². The van der Waals surface area contributed by atoms with E-state index in [0.717, 1.165) is 0 Å². The number of quaternary nitrogens is 1. The molecular weight excluding hydrogens is 160 g/mol. The molecule has 0 amide bonds. The van der Waals surface area contributed by atoms with Gasteiger partial charge in [-0.3, -0.25) is 4.90 Å². The number of hydrogen-bond donors (Lipinski definition) is 0. The summed E-state index contributed by atoms with van der Waals surface area (Å²) in [7, 11) is 2.45. The maximum absolute atomic E-state index is 2.69. The maximum atomic E-state index is 2.69. The molecular formula is C11H21N2+. The first kappa shape index (κ1) is 8.25. The minimum Gasteiger partial charge on any atom is -0.313 e. The fourth-order valence-corrected chi connectivity index (χ4v) is 5.07. The van der Waals surface area contributed by atoms with E-state index in [1.165, 1.54) is 43.8 Å². The predicted octanol–water partition coefficient (Wildman–Crippen LogP) is 1.14. The van der Waals surface area contributed by atoms with Crippen LogP contribution in [0.15, 0.2) is 0 Å². The normalized spacial score (nSPS) is 64.4. The summed E-state index contributed by atoms with van der Waals surface area (Å²) in [5.74, 6) is 0. The number of rotatable bonds is 0. The van der Waals surface area contributed by atoms with E-state index < -0.39 is 0 Å². The zero-order valence-corrected chi connectivity index (χ0v) is 9.14. The van der Waals surface area contributed by atoms with Gasteiger partial charge in [0.1, 0.15) is 6.67 Å². The van der Waals surface area contributed by atoms with Gasteiger partial charge in [0.25, 0.3) is 0 Å². The third kappa shape index (κ3) is 1.08. The Labute approximate surface area is 81.1 Å². The maximum Gasteiger partial charge on any atom is 0.134 e. The van der Waals surface area contributed by atoms with Gasteiger partial charge in [-0.25, -0.2) is 0 Å². The van der Waals surface area contributed by atoms with E-state index >= 15 is 0 Å². The smallest absolute Gasteiger partial charge is 0.134 e. The fourth-order valence-electron chi connectivity index (χ4n) is 5.07. The van der Waals surface area contributed by atoms with E-state index in [1.54, 1.807) is 0 Å². The Bertz CT molecular complexity index is 210. The van der Waals surface area contributed by atoms with Crippen molar-refractivity contribution in [3.05, 3.63) is 0 Å². The highest BCUT2D eigenvalue weighted by Crippen LogP contribution is 2.50. The topological polar surface area (TPSA) is 3.24 Å². The van der Waals surface area contributed by atoms with Crippen LogP contribution in [0.3, 0.4) is 0 Å². The molecule has 0 radical (unpaired) electrons. The molecule has 0 N–H and O–H groups in total. The quantitative estimate of drug-likeness (QED) is 0.507. The highest BCUT2D eigenvalue weighted by Gasteiger charge is 2.59. The standard InChI is InChI=1S/C11H21N2/c1-10-4-11(2)6-12(5-10)9-13(3,7-10)8-11/h4-9H2,1-3H3/q+1/t10-,11-/m1/s1. The van der Waals surface area contributed by atoms with E-state index in [1.807, 2.05) is 0 Å². The van der Waals surface area contributed by atoms with Gasteiger partial charge in [-0.2, -0.15) is 0 Å². The Morgan fingerprint density at radius 1 is 1.08 bits per heavy atom. The summed E-state index contributed by atoms with van der Waals surface area (Å²) < 4.78 is 1.31. The van der Waals surface area contributed by atoms with Gasteiger partial charge in [-0.05, 0) is 6.42 Å². The van der Waals surface area contributed by atoms with E-state index in [4.69, 9.17) is 0 Å². The van der Waals surface area contributed by atoms with Crippen molar-refractivity contribution in [3.8, 4) is 0 Å². The molecule has 4 aliphatic rings. The van der Waals surface area contributed by atoms with Gasteiger partial charge in [0, 0.05) is 23.9 Å². The third-order valence-electron chi connectivity index (χ3n) is 4.13. The van der Waals surface area contributed by atoms with Crippen LogP contribution in [0, 0.1) is 10.8 Å². The van der Waals surface area contributed by atoms with Gasteiger partial charge in [-0.1, -0.05) is 13.8 Å². The molecule has 0 aromatic rings. The molecule has 0 spiro atoms. The molecule has 2 heteroatoms. The van der Waals surface area contributed by atoms with Crippen LogP contribution in [0.2, 0.25) is 0 Å². The Balaban J connectivity index is 2.03. The monoisotopic (exact) mass is 181 g/mol. The second kappa shape index (κ2) is 1.96. The molecule has 4 saturated heterocycles. The van der Waals surface area contributed by atoms with Gasteiger partial charge in [0.2, 0.25) is 0 Å². The summed E-state index contributed by atoms with van der Waals surface area (Å²) in [5, 5.41) is 0. The van der Waals surface area contributed by atoms with Crippen molar-refractivity contribution < 1.29 is 4.48 Å². The molecule has 2 nitrogen and oxygen atoms in total. The first-order valence-electron chi connectivity index (χ1n) is 5.47. The van der Waals surface area contributed by atoms with Crippen LogP contribution >= 0.6 is 0 Å². The van der Waals surface area contributed by atoms with Crippen molar-refractivity contribution in [2.75, 3.05) is 39.9 Å². The van der Waals surface area contributed by atoms with Gasteiger partial charge in [0.15, 0.2) is 0 Å². The van der Waals surface area contributed by atoms with Crippen molar-refractivity contribution in [2.24, 2.45) is 10.8 Å². The largest absolute Gasteiger partial charge is 0.313 e. The molecule has 4 heterocycles. The summed E-state index contributed by atoms with van der Waals surface area (Å²) in [6.07, 6.45) is 1.46. The molecule has 2 atom stereocenters. The first-order chi connectivity index (χ1) is 5.91. The third-order valence-corrected chi connectivity index (χ3v) is 4.13. The summed E-state index contributed by atoms with van der Waals surface area (Å²) >= 11 is 0. The second-order valence-electron chi connectivity index (χ2n) is 6.86. The van der Waals surface area contributed by atoms with Crippen LogP contribution < -0.4 is 0 Å². The summed E-state index contributed by atoms with van der Waals surface area (Å²) in [5.41, 5.74) is 1.25. The van der Waals surface area contributed by atoms with E-state index in [-0.39, 0.29) is 0 Å². The van der Waals surface area contributed by atoms with Crippen molar-refractivity contribution in [1.82, 2.24) is 4.90 Å². The molecule has 0 saturated carbocycles. The van der Waals surface area contributed by atoms with E-state index in [0.29, 0.717) is 10.8 Å². The van der Waals surface area contributed by atoms with Crippen molar-refractivity contribution in [3.63, 3.8) is 0 Å². The van der Waals surface area contributed by atoms with E-state index in [9.17, 15) is 0 Å². The zero-order chi connectivity index (χ0) is 9.32. The Kier molecular flexibility index (Phi) is 1.24. The molecule has 4 aliphatic heterocycles. The van der Waals surface area contributed by atoms with Crippen molar-refractivity contribution >= 4 is 0 Å². The lowest BCUT2D eigenvalue weighted by atomic mass is 9.63. The summed E-state index contributed by atoms with van der Waals surface area (Å²) in [6.45, 7) is 11.8. The van der Waals surface area contributed by atoms with Crippen LogP contribution in [-0.2, 0) is 0 Å². The molecule has 4 bridgehead atoms. The Morgan fingerprint density at radius 2 is 1.62 bits per heavy atom. The lowest BCUT2D eigenvalue weighted by Gasteiger charge is -2.65. The first-order valence-corrected chi connectivity index (χ1v) is 5.47. The lowest BCUT2D eigenvalue weighted by Crippen LogP contribution is -2.76. The van der Waals surface area contributed by atoms with Crippen molar-refractivity contribution in [1.29, 1.82) is 0 Å². The Morgan fingerprint density at radius 3 is 2.00 bits per heavy atom. The SMILES string of the molecule is C[C@]12CN3C[C@@](C)(C1)C[N+](C)(C3)C2. The number of nitrogens with zero attached hydrogens (tertiary/aromatic N) is 2. The average molecular weight is 181 g/mol. The molecule has 0 aromatic carbocycles. The van der Waals surface area contributed by atoms with Gasteiger partial charge < -0.3 is 4.48 Å². The molecule has 4 rings (SSSR count). The summed E-state index contributed by atoms with van der Waals surface area (Å²) in [6, 6.07) is 0. The minimum atomic E-state index is 0.623. The highest BCUT2D eigenvalue weighted by molar-refractivity contribution is 4.99. The van der Waals surface area contributed by atoms with Crippen LogP contribution in [0.4, 0.5) is 0 Å². The van der Waals surface area contributed by atoms with Crippen LogP contribution in [-0.4, -0.2) is 49.3 Å². The van der Waals surface area contributed by atoms with E-state index in [2.05, 4.69) is 25.8 Å². The molecule has 4 fully saturated rings. The van der Waals surface area contributed by atoms with Gasteiger partial charge in [0.05, 0.1) is 20.1 Å². The van der Waals surface area contributed by atoms with Gasteiger partial charge >= 0.3 is 0 Å². The number of hydrogen-bond acceptors (Lipinski definition) is 1. The highest BCUT2D eigenvalue weighted by atomic mass is 15.5. The molecule has 74 valence electrons. The zero-order valence-electron chi connectivity index (χ0n) is 9.14. The molecule has 13 heavy (non-hydrogen) atoms. The molecule has 0 unspecified atom stereocenters. The van der Waals surface area contributed by atoms with Gasteiger partial charge in [-0.15, -0.1) is 0 Å². The minimum absolute atomic E-state index is 0.623. The molecule has 0 aromatic heterocycles. The number of piperidine rings is 2. The fraction of sp³-hybridized carbons (Fsp3) is 1.00.